The van der Waals surface area contributed by atoms with E-state index >= 15 is 0 Å². The van der Waals surface area contributed by atoms with E-state index in [0.717, 1.165) is 5.56 Å². The van der Waals surface area contributed by atoms with E-state index in [1.165, 1.54) is 12.1 Å². The zero-order chi connectivity index (χ0) is 25.0. The number of hydrogen-bond donors (Lipinski definition) is 5. The predicted molar refractivity (Wildman–Crippen MR) is 127 cm³/mol. The molecule has 0 aliphatic heterocycles. The second kappa shape index (κ2) is 9.79. The maximum atomic E-state index is 13.3. The number of guanidine groups is 1. The number of oxime groups is 1. The molecule has 1 aromatic carbocycles. The number of amides is 1. The molecule has 8 N–H and O–H groups in total. The molecule has 13 heteroatoms. The highest BCUT2D eigenvalue weighted by atomic mass is 32.2. The van der Waals surface area contributed by atoms with Crippen molar-refractivity contribution in [2.45, 2.75) is 31.1 Å². The van der Waals surface area contributed by atoms with Gasteiger partial charge in [-0.05, 0) is 54.8 Å². The number of rotatable bonds is 9. The third kappa shape index (κ3) is 5.43. The number of carbonyl (C=O) groups is 1. The van der Waals surface area contributed by atoms with Crippen molar-refractivity contribution in [1.29, 1.82) is 0 Å². The number of hydrogen-bond acceptors (Lipinski definition) is 7. The molecule has 12 nitrogen and oxygen atoms in total. The van der Waals surface area contributed by atoms with Crippen LogP contribution in [0.1, 0.15) is 29.2 Å². The molecule has 0 saturated heterocycles. The van der Waals surface area contributed by atoms with E-state index in [-0.39, 0.29) is 40.7 Å². The molecule has 2 aromatic heterocycles. The molecule has 0 bridgehead atoms. The van der Waals surface area contributed by atoms with Crippen molar-refractivity contribution in [2.75, 3.05) is 11.3 Å². The van der Waals surface area contributed by atoms with Crippen LogP contribution in [0.15, 0.2) is 51.4 Å². The minimum atomic E-state index is -4.28. The van der Waals surface area contributed by atoms with E-state index in [2.05, 4.69) is 19.8 Å². The number of fused-ring (bicyclic) bond motifs is 1. The number of pyridine rings is 2. The van der Waals surface area contributed by atoms with E-state index in [1.807, 2.05) is 6.92 Å². The van der Waals surface area contributed by atoms with Gasteiger partial charge in [0.2, 0.25) is 11.9 Å². The Kier molecular flexibility index (Phi) is 7.05. The fourth-order valence-corrected chi connectivity index (χ4v) is 4.76. The van der Waals surface area contributed by atoms with E-state index < -0.39 is 27.4 Å². The highest BCUT2D eigenvalue weighted by Gasteiger charge is 2.27. The summed E-state index contributed by atoms with van der Waals surface area (Å²) in [6.45, 7) is 3.31. The highest BCUT2D eigenvalue weighted by Crippen LogP contribution is 2.29. The smallest absolute Gasteiger partial charge is 0.272 e. The molecular formula is C21H25N7O5S. The van der Waals surface area contributed by atoms with Crippen molar-refractivity contribution in [3.63, 3.8) is 0 Å². The molecule has 34 heavy (non-hydrogen) atoms. The third-order valence-electron chi connectivity index (χ3n) is 4.92. The molecule has 2 heterocycles. The molecule has 0 fully saturated rings. The van der Waals surface area contributed by atoms with Gasteiger partial charge in [0, 0.05) is 17.3 Å². The van der Waals surface area contributed by atoms with Gasteiger partial charge in [-0.1, -0.05) is 12.1 Å². The summed E-state index contributed by atoms with van der Waals surface area (Å²) in [6, 6.07) is 7.96. The molecule has 3 aromatic rings. The number of nitrogens with one attached hydrogen (secondary N) is 2. The molecule has 0 radical (unpaired) electrons. The average molecular weight is 488 g/mol. The molecule has 180 valence electrons. The summed E-state index contributed by atoms with van der Waals surface area (Å²) >= 11 is 0. The van der Waals surface area contributed by atoms with Crippen LogP contribution in [0.4, 0.5) is 5.69 Å². The number of sulfonamides is 1. The number of H-pyrrole nitrogens is 1. The van der Waals surface area contributed by atoms with Gasteiger partial charge in [0.05, 0.1) is 11.4 Å². The maximum Gasteiger partial charge on any atom is 0.272 e. The SMILES string of the molecule is Cc1cnc2c(S(=O)(=O)Nc3c(C(CCON=C(N)N)C(N)=O)cc(C)[nH]c3=O)cccc2c1. The number of anilines is 1. The van der Waals surface area contributed by atoms with Gasteiger partial charge in [-0.25, -0.2) is 8.42 Å². The Morgan fingerprint density at radius 2 is 1.97 bits per heavy atom. The third-order valence-corrected chi connectivity index (χ3v) is 6.30. The molecule has 1 atom stereocenters. The van der Waals surface area contributed by atoms with Crippen LogP contribution in [0, 0.1) is 13.8 Å². The van der Waals surface area contributed by atoms with Crippen LogP contribution in [-0.2, 0) is 19.7 Å². The number of aromatic amines is 1. The monoisotopic (exact) mass is 487 g/mol. The van der Waals surface area contributed by atoms with Crippen LogP contribution in [-0.4, -0.2) is 36.9 Å². The van der Waals surface area contributed by atoms with Gasteiger partial charge in [-0.15, -0.1) is 0 Å². The summed E-state index contributed by atoms with van der Waals surface area (Å²) in [4.78, 5) is 36.6. The predicted octanol–water partition coefficient (Wildman–Crippen LogP) is 0.505. The number of carbonyl (C=O) groups excluding carboxylic acids is 1. The van der Waals surface area contributed by atoms with Crippen molar-refractivity contribution >= 4 is 38.5 Å². The van der Waals surface area contributed by atoms with Crippen LogP contribution < -0.4 is 27.5 Å². The number of aromatic nitrogens is 2. The number of nitrogens with zero attached hydrogens (tertiary/aromatic N) is 2. The number of para-hydroxylation sites is 1. The minimum absolute atomic E-state index is 0.0150. The molecule has 3 rings (SSSR count). The van der Waals surface area contributed by atoms with E-state index in [0.29, 0.717) is 11.1 Å². The summed E-state index contributed by atoms with van der Waals surface area (Å²) < 4.78 is 29.0. The van der Waals surface area contributed by atoms with Crippen LogP contribution in [0.25, 0.3) is 10.9 Å². The second-order valence-corrected chi connectivity index (χ2v) is 9.30. The number of benzene rings is 1. The lowest BCUT2D eigenvalue weighted by Crippen LogP contribution is -2.29. The molecule has 1 unspecified atom stereocenters. The first-order valence-electron chi connectivity index (χ1n) is 10.1. The van der Waals surface area contributed by atoms with E-state index in [9.17, 15) is 18.0 Å². The first-order chi connectivity index (χ1) is 16.0. The summed E-state index contributed by atoms with van der Waals surface area (Å²) in [5, 5.41) is 3.99. The van der Waals surface area contributed by atoms with Crippen LogP contribution in [0.5, 0.6) is 0 Å². The lowest BCUT2D eigenvalue weighted by atomic mass is 9.94. The summed E-state index contributed by atoms with van der Waals surface area (Å²) in [5.41, 5.74) is 16.5. The standard InChI is InChI=1S/C21H25N7O5S/c1-11-8-13-4-3-5-16(17(13)25-10-11)34(31,32)28-18-15(9-12(2)26-20(18)30)14(19(22)29)6-7-33-27-21(23)24/h3-5,8-10,14,28H,6-7H2,1-2H3,(H2,22,29)(H,26,30)(H4,23,24,27). The minimum Gasteiger partial charge on any atom is -0.393 e. The Morgan fingerprint density at radius 3 is 2.65 bits per heavy atom. The van der Waals surface area contributed by atoms with Crippen molar-refractivity contribution < 1.29 is 18.0 Å². The van der Waals surface area contributed by atoms with E-state index in [1.54, 1.807) is 31.3 Å². The topological polar surface area (TPSA) is 209 Å². The zero-order valence-corrected chi connectivity index (χ0v) is 19.3. The van der Waals surface area contributed by atoms with Crippen molar-refractivity contribution in [1.82, 2.24) is 9.97 Å². The normalized spacial score (nSPS) is 12.2. The van der Waals surface area contributed by atoms with Crippen LogP contribution >= 0.6 is 0 Å². The lowest BCUT2D eigenvalue weighted by Gasteiger charge is -2.19. The zero-order valence-electron chi connectivity index (χ0n) is 18.5. The van der Waals surface area contributed by atoms with Gasteiger partial charge >= 0.3 is 0 Å². The molecule has 0 saturated carbocycles. The Hall–Kier alpha value is -4.13. The van der Waals surface area contributed by atoms with Gasteiger partial charge in [-0.2, -0.15) is 0 Å². The second-order valence-electron chi connectivity index (χ2n) is 7.65. The summed E-state index contributed by atoms with van der Waals surface area (Å²) in [6.07, 6.45) is 1.53. The molecule has 0 aliphatic rings. The lowest BCUT2D eigenvalue weighted by molar-refractivity contribution is -0.119. The van der Waals surface area contributed by atoms with Gasteiger partial charge in [0.1, 0.15) is 17.2 Å². The Labute approximate surface area is 195 Å². The van der Waals surface area contributed by atoms with E-state index in [4.69, 9.17) is 22.0 Å². The maximum absolute atomic E-state index is 13.3. The van der Waals surface area contributed by atoms with Gasteiger partial charge < -0.3 is 27.0 Å². The number of nitrogens with two attached hydrogens (primary N) is 3. The Bertz CT molecular complexity index is 1430. The first kappa shape index (κ1) is 24.5. The molecule has 0 spiro atoms. The highest BCUT2D eigenvalue weighted by molar-refractivity contribution is 7.93. The number of primary amides is 1. The van der Waals surface area contributed by atoms with Crippen molar-refractivity contribution in [3.8, 4) is 0 Å². The first-order valence-corrected chi connectivity index (χ1v) is 11.6. The molecular weight excluding hydrogens is 462 g/mol. The average Bonchev–Trinajstić information content (AvgIpc) is 2.74. The van der Waals surface area contributed by atoms with Crippen molar-refractivity contribution in [2.24, 2.45) is 22.4 Å². The molecule has 1 amide bonds. The summed E-state index contributed by atoms with van der Waals surface area (Å²) in [7, 11) is -4.28. The van der Waals surface area contributed by atoms with Crippen molar-refractivity contribution in [3.05, 3.63) is 63.7 Å². The largest absolute Gasteiger partial charge is 0.393 e. The molecule has 0 aliphatic carbocycles. The van der Waals surface area contributed by atoms with Gasteiger partial charge in [-0.3, -0.25) is 19.3 Å². The van der Waals surface area contributed by atoms with Crippen LogP contribution in [0.3, 0.4) is 0 Å². The number of aryl methyl sites for hydroxylation is 2. The fraction of sp³-hybridized carbons (Fsp3) is 0.238. The van der Waals surface area contributed by atoms with Gasteiger partial charge in [0.25, 0.3) is 15.6 Å². The van der Waals surface area contributed by atoms with Gasteiger partial charge in [0.15, 0.2) is 0 Å². The summed E-state index contributed by atoms with van der Waals surface area (Å²) in [5.74, 6) is -2.17. The Balaban J connectivity index is 2.06. The Morgan fingerprint density at radius 1 is 1.24 bits per heavy atom. The van der Waals surface area contributed by atoms with Crippen LogP contribution in [0.2, 0.25) is 0 Å². The quantitative estimate of drug-likeness (QED) is 0.124. The fourth-order valence-electron chi connectivity index (χ4n) is 3.49.